The first kappa shape index (κ1) is 48.1. The van der Waals surface area contributed by atoms with Crippen LogP contribution >= 0.6 is 31.4 Å². The van der Waals surface area contributed by atoms with Crippen molar-refractivity contribution in [1.29, 1.82) is 0 Å². The Labute approximate surface area is 254 Å². The highest BCUT2D eigenvalue weighted by Crippen LogP contribution is 2.80. The van der Waals surface area contributed by atoms with Gasteiger partial charge in [-0.3, -0.25) is 4.57 Å². The van der Waals surface area contributed by atoms with Crippen molar-refractivity contribution in [2.75, 3.05) is 0 Å². The van der Waals surface area contributed by atoms with Crippen molar-refractivity contribution in [3.8, 4) is 0 Å². The van der Waals surface area contributed by atoms with E-state index in [0.29, 0.717) is 0 Å². The molecule has 1 heterocycles. The Morgan fingerprint density at radius 2 is 1.11 bits per heavy atom. The van der Waals surface area contributed by atoms with Gasteiger partial charge in [-0.15, -0.1) is 0 Å². The van der Waals surface area contributed by atoms with Crippen molar-refractivity contribution in [2.45, 2.75) is 74.7 Å². The first-order chi connectivity index (χ1) is 20.4. The number of alkyl halides is 15. The van der Waals surface area contributed by atoms with E-state index in [-0.39, 0.29) is 0 Å². The fourth-order valence-corrected chi connectivity index (χ4v) is 6.87. The normalized spacial score (nSPS) is 16.4. The Bertz CT molecular complexity index is 1170. The van der Waals surface area contributed by atoms with E-state index in [1.54, 1.807) is 0 Å². The maximum atomic E-state index is 12.6. The average Bonchev–Trinajstić information content (AvgIpc) is 3.16. The molecule has 2 unspecified atom stereocenters. The summed E-state index contributed by atoms with van der Waals surface area (Å²) in [6.45, 7) is 3.41. The molecule has 12 nitrogen and oxygen atoms in total. The summed E-state index contributed by atoms with van der Waals surface area (Å²) in [6.07, 6.45) is -10.8. The highest BCUT2D eigenvalue weighted by molar-refractivity contribution is 7.66. The smallest absolute Gasteiger partial charge is 0.487 e. The summed E-state index contributed by atoms with van der Waals surface area (Å²) in [5.74, 6) is 0. The summed E-state index contributed by atoms with van der Waals surface area (Å²) in [5, 5.41) is 0. The molecule has 282 valence electrons. The molecule has 31 heteroatoms. The Kier molecular flexibility index (Phi) is 17.2. The fourth-order valence-electron chi connectivity index (χ4n) is 2.54. The molecule has 0 amide bonds. The standard InChI is InChI=1S/C10H19N2.C6F15P.H5O10P3/c1-3-4-5-6-7-12-9-8-11(2)10-12;7-1(8,9)4(16,17)22(5(18,19)2(10,11)12)6(20,21)3(13,14)15;1-11(2,3)9-13(7,8)10-12(4,5)6/h8-10H,3-7H2,1-2H3;;(H,7,8)(H2,1,2,3)(H2,4,5,6)/q+1;;/p-1. The van der Waals surface area contributed by atoms with Gasteiger partial charge in [-0.05, 0) is 12.8 Å². The molecule has 4 N–H and O–H groups in total. The lowest BCUT2D eigenvalue weighted by Gasteiger charge is -2.39. The van der Waals surface area contributed by atoms with Crippen LogP contribution in [0.3, 0.4) is 0 Å². The van der Waals surface area contributed by atoms with E-state index in [1.807, 2.05) is 0 Å². The summed E-state index contributed by atoms with van der Waals surface area (Å²) < 4.78 is 222. The van der Waals surface area contributed by atoms with Crippen LogP contribution in [0, 0.1) is 0 Å². The number of imidazole rings is 1. The average molecular weight is 812 g/mol. The number of aromatic nitrogens is 2. The molecular weight excluding hydrogens is 789 g/mol. The molecule has 1 aromatic heterocycles. The van der Waals surface area contributed by atoms with E-state index in [1.165, 1.54) is 32.2 Å². The van der Waals surface area contributed by atoms with Crippen molar-refractivity contribution < 1.29 is 117 Å². The number of hydrogen-bond donors (Lipinski definition) is 4. The highest BCUT2D eigenvalue weighted by atomic mass is 31.3. The molecule has 0 bridgehead atoms. The van der Waals surface area contributed by atoms with Gasteiger partial charge in [0, 0.05) is 0 Å². The summed E-state index contributed by atoms with van der Waals surface area (Å²) in [7, 11) is -22.1. The lowest BCUT2D eigenvalue weighted by Crippen LogP contribution is -2.53. The molecule has 0 aliphatic carbocycles. The molecule has 2 atom stereocenters. The molecule has 0 spiro atoms. The zero-order valence-corrected chi connectivity index (χ0v) is 26.4. The van der Waals surface area contributed by atoms with Gasteiger partial charge in [-0.2, -0.15) is 70.2 Å². The van der Waals surface area contributed by atoms with Crippen LogP contribution in [0.1, 0.15) is 32.6 Å². The maximum absolute atomic E-state index is 12.6. The second kappa shape index (κ2) is 16.8. The lowest BCUT2D eigenvalue weighted by atomic mass is 10.2. The SMILES string of the molecule is CCCCCCn1cc[n+](C)c1.FC(F)(F)C(F)(F)P(C(F)(F)C(F)(F)F)C(F)(F)C(F)(F)F.O=P([O-])(O)OP(=O)(O)OP(=O)(O)O. The van der Waals surface area contributed by atoms with Crippen LogP contribution in [0.25, 0.3) is 0 Å². The van der Waals surface area contributed by atoms with Crippen LogP contribution in [-0.4, -0.2) is 59.7 Å². The quantitative estimate of drug-likeness (QED) is 0.0787. The van der Waals surface area contributed by atoms with Crippen LogP contribution < -0.4 is 9.46 Å². The molecule has 0 saturated carbocycles. The monoisotopic (exact) mass is 812 g/mol. The summed E-state index contributed by atoms with van der Waals surface area (Å²) in [4.78, 5) is 41.9. The van der Waals surface area contributed by atoms with Crippen LogP contribution in [0.4, 0.5) is 65.9 Å². The minimum atomic E-state index is -7.64. The molecule has 0 aliphatic heterocycles. The van der Waals surface area contributed by atoms with Crippen LogP contribution in [0.5, 0.6) is 0 Å². The topological polar surface area (TPSA) is 182 Å². The zero-order valence-electron chi connectivity index (χ0n) is 22.9. The van der Waals surface area contributed by atoms with Gasteiger partial charge in [0.25, 0.3) is 7.82 Å². The third kappa shape index (κ3) is 16.5. The van der Waals surface area contributed by atoms with Crippen molar-refractivity contribution in [2.24, 2.45) is 7.05 Å². The summed E-state index contributed by atoms with van der Waals surface area (Å²) in [5.41, 5.74) is -22.9. The molecule has 47 heavy (non-hydrogen) atoms. The van der Waals surface area contributed by atoms with E-state index in [4.69, 9.17) is 19.6 Å². The molecule has 1 aromatic rings. The van der Waals surface area contributed by atoms with E-state index in [2.05, 4.69) is 50.4 Å². The van der Waals surface area contributed by atoms with Gasteiger partial charge < -0.3 is 24.5 Å². The molecule has 1 rings (SSSR count). The summed E-state index contributed by atoms with van der Waals surface area (Å²) in [6, 6.07) is 0. The second-order valence-electron chi connectivity index (χ2n) is 8.42. The zero-order chi connectivity index (χ0) is 38.3. The third-order valence-electron chi connectivity index (χ3n) is 4.38. The van der Waals surface area contributed by atoms with Gasteiger partial charge >= 0.3 is 51.2 Å². The van der Waals surface area contributed by atoms with Gasteiger partial charge in [0.1, 0.15) is 20.3 Å². The van der Waals surface area contributed by atoms with Crippen LogP contribution in [-0.2, 0) is 35.9 Å². The number of nitrogens with zero attached hydrogens (tertiary/aromatic N) is 2. The first-order valence-electron chi connectivity index (χ1n) is 11.4. The van der Waals surface area contributed by atoms with E-state index in [9.17, 15) is 84.4 Å². The number of halogens is 15. The molecule has 0 radical (unpaired) electrons. The van der Waals surface area contributed by atoms with Gasteiger partial charge in [-0.25, -0.2) is 22.6 Å². The second-order valence-corrected chi connectivity index (χ2v) is 14.9. The number of hydrogen-bond acceptors (Lipinski definition) is 6. The van der Waals surface area contributed by atoms with Crippen LogP contribution in [0.2, 0.25) is 0 Å². The fraction of sp³-hybridized carbons (Fsp3) is 0.812. The Hall–Kier alpha value is -1.00. The number of rotatable bonds is 12. The molecule has 0 saturated heterocycles. The predicted molar refractivity (Wildman–Crippen MR) is 124 cm³/mol. The number of unbranched alkanes of at least 4 members (excludes halogenated alkanes) is 3. The predicted octanol–water partition coefficient (Wildman–Crippen LogP) is 6.50. The van der Waals surface area contributed by atoms with Crippen molar-refractivity contribution in [3.05, 3.63) is 18.7 Å². The highest BCUT2D eigenvalue weighted by Gasteiger charge is 2.86. The van der Waals surface area contributed by atoms with E-state index >= 15 is 0 Å². The van der Waals surface area contributed by atoms with E-state index < -0.39 is 66.9 Å². The van der Waals surface area contributed by atoms with Crippen molar-refractivity contribution in [3.63, 3.8) is 0 Å². The van der Waals surface area contributed by atoms with Crippen molar-refractivity contribution >= 4 is 31.4 Å². The Balaban J connectivity index is 0. The Morgan fingerprint density at radius 1 is 0.723 bits per heavy atom. The minimum absolute atomic E-state index is 1.17. The summed E-state index contributed by atoms with van der Waals surface area (Å²) >= 11 is 0. The minimum Gasteiger partial charge on any atom is -0.756 e. The van der Waals surface area contributed by atoms with Gasteiger partial charge in [0.15, 0.2) is 0 Å². The maximum Gasteiger partial charge on any atom is 0.487 e. The van der Waals surface area contributed by atoms with Gasteiger partial charge in [0.05, 0.1) is 13.6 Å². The number of aryl methyl sites for hydroxylation is 2. The van der Waals surface area contributed by atoms with Gasteiger partial charge in [-0.1, -0.05) is 19.8 Å². The molecular formula is C16H23F15N2O10P4. The van der Waals surface area contributed by atoms with Crippen LogP contribution in [0.15, 0.2) is 18.7 Å². The number of phosphoric acid groups is 3. The Morgan fingerprint density at radius 3 is 1.36 bits per heavy atom. The van der Waals surface area contributed by atoms with E-state index in [0.717, 1.165) is 0 Å². The lowest BCUT2D eigenvalue weighted by molar-refractivity contribution is -0.671. The first-order valence-corrected chi connectivity index (χ1v) is 17.2. The van der Waals surface area contributed by atoms with Gasteiger partial charge in [0.2, 0.25) is 6.33 Å². The largest absolute Gasteiger partial charge is 0.756 e. The third-order valence-corrected chi connectivity index (χ3v) is 10.1. The molecule has 0 aliphatic rings. The van der Waals surface area contributed by atoms with Crippen molar-refractivity contribution in [1.82, 2.24) is 4.57 Å². The molecule has 0 fully saturated rings. The molecule has 0 aromatic carbocycles.